The minimum Gasteiger partial charge on any atom is -0.489 e. The normalized spacial score (nSPS) is 20.9. The zero-order valence-electron chi connectivity index (χ0n) is 18.0. The van der Waals surface area contributed by atoms with Crippen LogP contribution in [0.15, 0.2) is 90.0 Å². The summed E-state index contributed by atoms with van der Waals surface area (Å²) in [5.74, 6) is 1.25. The highest BCUT2D eigenvalue weighted by Gasteiger charge is 2.11. The van der Waals surface area contributed by atoms with Crippen LogP contribution in [-0.4, -0.2) is 40.5 Å². The fourth-order valence-electron chi connectivity index (χ4n) is 3.75. The maximum atomic E-state index is 12.3. The number of aromatic nitrogens is 2. The van der Waals surface area contributed by atoms with Gasteiger partial charge in [-0.05, 0) is 60.7 Å². The van der Waals surface area contributed by atoms with Crippen molar-refractivity contribution in [2.24, 2.45) is 4.99 Å². The number of hydrogen-bond acceptors (Lipinski definition) is 6. The first kappa shape index (κ1) is 20.6. The summed E-state index contributed by atoms with van der Waals surface area (Å²) < 4.78 is 5.98. The molecule has 0 fully saturated rings. The van der Waals surface area contributed by atoms with Crippen LogP contribution >= 0.6 is 0 Å². The molecule has 3 aliphatic rings. The molecule has 0 atom stereocenters. The van der Waals surface area contributed by atoms with Crippen molar-refractivity contribution >= 4 is 28.7 Å². The summed E-state index contributed by atoms with van der Waals surface area (Å²) in [5, 5.41) is 5.33. The van der Waals surface area contributed by atoms with Crippen LogP contribution in [0.5, 0.6) is 5.75 Å². The Hall–Kier alpha value is -4.26. The van der Waals surface area contributed by atoms with E-state index < -0.39 is 0 Å². The van der Waals surface area contributed by atoms with Crippen LogP contribution in [0, 0.1) is 0 Å². The van der Waals surface area contributed by atoms with E-state index in [2.05, 4.69) is 21.4 Å². The van der Waals surface area contributed by atoms with Crippen molar-refractivity contribution in [3.63, 3.8) is 0 Å². The summed E-state index contributed by atoms with van der Waals surface area (Å²) in [4.78, 5) is 27.9. The number of rotatable bonds is 0. The third kappa shape index (κ3) is 4.98. The van der Waals surface area contributed by atoms with E-state index in [1.54, 1.807) is 6.20 Å². The highest BCUT2D eigenvalue weighted by molar-refractivity contribution is 5.88. The fourth-order valence-corrected chi connectivity index (χ4v) is 3.75. The monoisotopic (exact) mass is 437 g/mol. The number of hydrogen-bond donors (Lipinski definition) is 1. The van der Waals surface area contributed by atoms with Gasteiger partial charge < -0.3 is 15.0 Å². The van der Waals surface area contributed by atoms with Crippen molar-refractivity contribution in [2.45, 2.75) is 6.42 Å². The van der Waals surface area contributed by atoms with Gasteiger partial charge in [0.15, 0.2) is 5.82 Å². The number of amides is 1. The zero-order valence-corrected chi connectivity index (χ0v) is 18.0. The SMILES string of the molecule is O=C1CN2C=C/C(=C\COc3ccc4ncnc(c4c3)\N=c3/cccc/c3=C\C=C\N1)CC2. The Morgan fingerprint density at radius 2 is 2.03 bits per heavy atom. The standard InChI is InChI=1S/C26H23N5O2/c32-25-17-31-13-9-19(10-14-31)11-15-33-21-7-8-24-22(16-21)26(29-18-28-24)30-23-6-2-1-4-20(23)5-3-12-27-25/h1-9,11-13,16,18H,10,14-15,17H2,(H,27,32)/b12-3+,19-11+,20-5+,30-23+. The molecular weight excluding hydrogens is 414 g/mol. The second kappa shape index (κ2) is 9.48. The Bertz CT molecular complexity index is 1410. The molecule has 3 aromatic rings. The van der Waals surface area contributed by atoms with Gasteiger partial charge in [-0.1, -0.05) is 24.3 Å². The van der Waals surface area contributed by atoms with Crippen LogP contribution in [0.1, 0.15) is 6.42 Å². The van der Waals surface area contributed by atoms with E-state index >= 15 is 0 Å². The molecule has 6 rings (SSSR count). The number of allylic oxidation sites excluding steroid dienone is 2. The summed E-state index contributed by atoms with van der Waals surface area (Å²) >= 11 is 0. The van der Waals surface area contributed by atoms with Gasteiger partial charge in [0.25, 0.3) is 0 Å². The average molecular weight is 438 g/mol. The molecule has 7 nitrogen and oxygen atoms in total. The van der Waals surface area contributed by atoms with Gasteiger partial charge in [-0.25, -0.2) is 15.0 Å². The zero-order chi connectivity index (χ0) is 22.5. The topological polar surface area (TPSA) is 79.7 Å². The Kier molecular flexibility index (Phi) is 5.93. The van der Waals surface area contributed by atoms with Crippen LogP contribution in [-0.2, 0) is 4.79 Å². The highest BCUT2D eigenvalue weighted by atomic mass is 16.5. The Morgan fingerprint density at radius 1 is 1.09 bits per heavy atom. The van der Waals surface area contributed by atoms with E-state index in [4.69, 9.17) is 9.73 Å². The maximum absolute atomic E-state index is 12.3. The van der Waals surface area contributed by atoms with Crippen LogP contribution in [0.2, 0.25) is 0 Å². The number of fused-ring (bicyclic) bond motifs is 7. The van der Waals surface area contributed by atoms with Crippen LogP contribution in [0.3, 0.4) is 0 Å². The molecular formula is C26H23N5O2. The molecule has 0 radical (unpaired) electrons. The number of nitrogens with one attached hydrogen (secondary N) is 1. The second-order valence-electron chi connectivity index (χ2n) is 7.77. The number of para-hydroxylation sites is 1. The highest BCUT2D eigenvalue weighted by Crippen LogP contribution is 2.26. The minimum atomic E-state index is -0.0608. The molecule has 164 valence electrons. The summed E-state index contributed by atoms with van der Waals surface area (Å²) in [6.45, 7) is 1.55. The molecule has 3 aliphatic heterocycles. The summed E-state index contributed by atoms with van der Waals surface area (Å²) in [7, 11) is 0. The fraction of sp³-hybridized carbons (Fsp3) is 0.154. The van der Waals surface area contributed by atoms with E-state index in [-0.39, 0.29) is 5.91 Å². The molecule has 0 aliphatic carbocycles. The molecule has 1 N–H and O–H groups in total. The third-order valence-corrected chi connectivity index (χ3v) is 5.49. The van der Waals surface area contributed by atoms with E-state index in [9.17, 15) is 4.79 Å². The minimum absolute atomic E-state index is 0.0608. The molecule has 4 heterocycles. The smallest absolute Gasteiger partial charge is 0.243 e. The van der Waals surface area contributed by atoms with Gasteiger partial charge in [0, 0.05) is 23.3 Å². The lowest BCUT2D eigenvalue weighted by Crippen LogP contribution is -2.33. The number of nitrogens with zero attached hydrogens (tertiary/aromatic N) is 4. The molecule has 0 unspecified atom stereocenters. The Morgan fingerprint density at radius 3 is 2.94 bits per heavy atom. The lowest BCUT2D eigenvalue weighted by atomic mass is 10.1. The van der Waals surface area contributed by atoms with Gasteiger partial charge in [0.1, 0.15) is 18.7 Å². The molecule has 7 heteroatoms. The quantitative estimate of drug-likeness (QED) is 0.585. The van der Waals surface area contributed by atoms with Gasteiger partial charge in [-0.3, -0.25) is 4.79 Å². The summed E-state index contributed by atoms with van der Waals surface area (Å²) in [6, 6.07) is 13.6. The van der Waals surface area contributed by atoms with Gasteiger partial charge in [0.2, 0.25) is 5.91 Å². The lowest BCUT2D eigenvalue weighted by molar-refractivity contribution is -0.120. The van der Waals surface area contributed by atoms with Crippen LogP contribution < -0.4 is 20.6 Å². The number of ether oxygens (including phenoxy) is 1. The molecule has 2 aromatic carbocycles. The molecule has 0 saturated carbocycles. The predicted molar refractivity (Wildman–Crippen MR) is 127 cm³/mol. The van der Waals surface area contributed by atoms with Crippen LogP contribution in [0.4, 0.5) is 5.82 Å². The number of carbonyl (C=O) groups is 1. The third-order valence-electron chi connectivity index (χ3n) is 5.49. The van der Waals surface area contributed by atoms with Gasteiger partial charge in [-0.2, -0.15) is 0 Å². The van der Waals surface area contributed by atoms with E-state index in [0.717, 1.165) is 40.2 Å². The summed E-state index contributed by atoms with van der Waals surface area (Å²) in [6.07, 6.45) is 13.8. The van der Waals surface area contributed by atoms with Gasteiger partial charge in [0.05, 0.1) is 17.4 Å². The van der Waals surface area contributed by atoms with Crippen molar-refractivity contribution in [1.82, 2.24) is 20.2 Å². The molecule has 4 bridgehead atoms. The molecule has 1 aromatic heterocycles. The van der Waals surface area contributed by atoms with Crippen molar-refractivity contribution < 1.29 is 9.53 Å². The molecule has 33 heavy (non-hydrogen) atoms. The molecule has 0 saturated heterocycles. The number of benzene rings is 2. The number of carbonyl (C=O) groups excluding carboxylic acids is 1. The van der Waals surface area contributed by atoms with E-state index in [1.807, 2.05) is 71.8 Å². The first-order valence-electron chi connectivity index (χ1n) is 10.8. The first-order valence-corrected chi connectivity index (χ1v) is 10.8. The van der Waals surface area contributed by atoms with E-state index in [0.29, 0.717) is 19.0 Å². The lowest BCUT2D eigenvalue weighted by Gasteiger charge is -2.23. The molecule has 1 amide bonds. The Balaban J connectivity index is 1.60. The van der Waals surface area contributed by atoms with E-state index in [1.165, 1.54) is 11.9 Å². The van der Waals surface area contributed by atoms with Crippen LogP contribution in [0.25, 0.3) is 17.0 Å². The largest absolute Gasteiger partial charge is 0.489 e. The second-order valence-corrected chi connectivity index (χ2v) is 7.77. The van der Waals surface area contributed by atoms with Crippen molar-refractivity contribution in [1.29, 1.82) is 0 Å². The van der Waals surface area contributed by atoms with Gasteiger partial charge in [-0.15, -0.1) is 0 Å². The van der Waals surface area contributed by atoms with Crippen molar-refractivity contribution in [3.8, 4) is 5.75 Å². The maximum Gasteiger partial charge on any atom is 0.243 e. The van der Waals surface area contributed by atoms with Gasteiger partial charge >= 0.3 is 0 Å². The first-order chi connectivity index (χ1) is 16.2. The Labute approximate surface area is 191 Å². The van der Waals surface area contributed by atoms with Crippen molar-refractivity contribution in [2.75, 3.05) is 19.7 Å². The summed E-state index contributed by atoms with van der Waals surface area (Å²) in [5.41, 5.74) is 1.99. The predicted octanol–water partition coefficient (Wildman–Crippen LogP) is 2.53. The van der Waals surface area contributed by atoms with Crippen molar-refractivity contribution in [3.05, 3.63) is 95.6 Å². The molecule has 0 spiro atoms. The average Bonchev–Trinajstić information content (AvgIpc) is 2.84.